The van der Waals surface area contributed by atoms with Crippen LogP contribution in [0.1, 0.15) is 31.1 Å². The van der Waals surface area contributed by atoms with Crippen molar-refractivity contribution in [1.29, 1.82) is 0 Å². The third-order valence-corrected chi connectivity index (χ3v) is 5.76. The van der Waals surface area contributed by atoms with Crippen molar-refractivity contribution in [2.75, 3.05) is 12.4 Å². The van der Waals surface area contributed by atoms with Crippen molar-refractivity contribution < 1.29 is 32.4 Å². The predicted octanol–water partition coefficient (Wildman–Crippen LogP) is 2.47. The Morgan fingerprint density at radius 3 is 2.22 bits per heavy atom. The van der Waals surface area contributed by atoms with Crippen molar-refractivity contribution >= 4 is 33.3 Å². The Morgan fingerprint density at radius 1 is 1.06 bits per heavy atom. The molecule has 0 spiro atoms. The van der Waals surface area contributed by atoms with Crippen LogP contribution < -0.4 is 14.8 Å². The third-order valence-electron chi connectivity index (χ3n) is 4.08. The number of esters is 1. The summed E-state index contributed by atoms with van der Waals surface area (Å²) >= 11 is 0. The number of benzene rings is 2. The molecular weight excluding hydrogens is 442 g/mol. The molecule has 32 heavy (non-hydrogen) atoms. The number of nitro groups is 1. The number of nitro benzene ring substituents is 1. The second kappa shape index (κ2) is 10.2. The first-order valence-corrected chi connectivity index (χ1v) is 10.9. The van der Waals surface area contributed by atoms with Crippen LogP contribution in [0.5, 0.6) is 5.75 Å². The van der Waals surface area contributed by atoms with Crippen LogP contribution in [0.25, 0.3) is 0 Å². The molecule has 2 aromatic carbocycles. The number of carbonyl (C=O) groups excluding carboxylic acids is 2. The fourth-order valence-electron chi connectivity index (χ4n) is 2.58. The first-order valence-electron chi connectivity index (χ1n) is 9.41. The zero-order valence-corrected chi connectivity index (χ0v) is 18.6. The van der Waals surface area contributed by atoms with Gasteiger partial charge in [-0.15, -0.1) is 0 Å². The minimum absolute atomic E-state index is 0.0404. The van der Waals surface area contributed by atoms with E-state index in [0.29, 0.717) is 0 Å². The summed E-state index contributed by atoms with van der Waals surface area (Å²) in [6.07, 6.45) is -1.23. The molecule has 0 fully saturated rings. The topological polar surface area (TPSA) is 154 Å². The van der Waals surface area contributed by atoms with Crippen molar-refractivity contribution in [2.45, 2.75) is 37.8 Å². The van der Waals surface area contributed by atoms with Gasteiger partial charge in [0.1, 0.15) is 10.6 Å². The predicted molar refractivity (Wildman–Crippen MR) is 115 cm³/mol. The van der Waals surface area contributed by atoms with E-state index in [0.717, 1.165) is 6.07 Å². The molecule has 2 rings (SSSR count). The van der Waals surface area contributed by atoms with Crippen molar-refractivity contribution in [2.24, 2.45) is 0 Å². The van der Waals surface area contributed by atoms with Crippen LogP contribution in [0.4, 0.5) is 11.4 Å². The standard InChI is InChI=1S/C20H23N3O8S/c1-12(2)22-32(28,29)18-11-14(5-10-17(18)30-4)20(25)31-13(3)19(24)21-15-6-8-16(9-7-15)23(26)27/h5-13,22H,1-4H3,(H,21,24). The first kappa shape index (κ1) is 24.8. The molecule has 0 heterocycles. The second-order valence-electron chi connectivity index (χ2n) is 6.98. The largest absolute Gasteiger partial charge is 0.495 e. The molecule has 0 radical (unpaired) electrons. The van der Waals surface area contributed by atoms with Gasteiger partial charge in [0.25, 0.3) is 11.6 Å². The number of amides is 1. The molecule has 11 nitrogen and oxygen atoms in total. The average Bonchev–Trinajstić information content (AvgIpc) is 2.72. The molecule has 1 atom stereocenters. The van der Waals surface area contributed by atoms with Crippen LogP contribution in [0.2, 0.25) is 0 Å². The summed E-state index contributed by atoms with van der Waals surface area (Å²) in [5.41, 5.74) is 0.0469. The maximum atomic E-state index is 12.5. The highest BCUT2D eigenvalue weighted by atomic mass is 32.2. The molecule has 0 saturated carbocycles. The lowest BCUT2D eigenvalue weighted by atomic mass is 10.2. The highest BCUT2D eigenvalue weighted by Gasteiger charge is 2.25. The molecule has 0 aliphatic rings. The molecule has 172 valence electrons. The van der Waals surface area contributed by atoms with E-state index in [1.807, 2.05) is 0 Å². The van der Waals surface area contributed by atoms with Gasteiger partial charge in [0.15, 0.2) is 6.10 Å². The van der Waals surface area contributed by atoms with E-state index in [1.54, 1.807) is 13.8 Å². The number of nitrogens with one attached hydrogen (secondary N) is 2. The molecule has 0 aliphatic heterocycles. The van der Waals surface area contributed by atoms with E-state index in [9.17, 15) is 28.1 Å². The summed E-state index contributed by atoms with van der Waals surface area (Å²) in [5, 5.41) is 13.2. The van der Waals surface area contributed by atoms with Gasteiger partial charge in [-0.25, -0.2) is 17.9 Å². The SMILES string of the molecule is COc1ccc(C(=O)OC(C)C(=O)Nc2ccc([N+](=O)[O-])cc2)cc1S(=O)(=O)NC(C)C. The second-order valence-corrected chi connectivity index (χ2v) is 8.66. The zero-order chi connectivity index (χ0) is 24.1. The van der Waals surface area contributed by atoms with Gasteiger partial charge in [-0.2, -0.15) is 0 Å². The Labute approximate surface area is 184 Å². The number of carbonyl (C=O) groups is 2. The Hall–Kier alpha value is -3.51. The minimum Gasteiger partial charge on any atom is -0.495 e. The van der Waals surface area contributed by atoms with Gasteiger partial charge in [-0.3, -0.25) is 14.9 Å². The minimum atomic E-state index is -3.96. The maximum Gasteiger partial charge on any atom is 0.338 e. The summed E-state index contributed by atoms with van der Waals surface area (Å²) in [6.45, 7) is 4.63. The molecular formula is C20H23N3O8S. The first-order chi connectivity index (χ1) is 14.9. The van der Waals surface area contributed by atoms with E-state index < -0.39 is 32.9 Å². The Kier molecular flexibility index (Phi) is 7.89. The molecule has 0 aliphatic carbocycles. The third kappa shape index (κ3) is 6.25. The molecule has 2 N–H and O–H groups in total. The van der Waals surface area contributed by atoms with Crippen molar-refractivity contribution in [3.8, 4) is 5.75 Å². The normalized spacial score (nSPS) is 12.2. The lowest BCUT2D eigenvalue weighted by Gasteiger charge is -2.16. The van der Waals surface area contributed by atoms with Crippen molar-refractivity contribution in [1.82, 2.24) is 4.72 Å². The number of anilines is 1. The van der Waals surface area contributed by atoms with E-state index in [1.165, 1.54) is 50.4 Å². The van der Waals surface area contributed by atoms with Gasteiger partial charge in [0.05, 0.1) is 17.6 Å². The van der Waals surface area contributed by atoms with E-state index in [2.05, 4.69) is 10.0 Å². The van der Waals surface area contributed by atoms with Crippen LogP contribution in [0, 0.1) is 10.1 Å². The molecule has 0 saturated heterocycles. The summed E-state index contributed by atoms with van der Waals surface area (Å²) < 4.78 is 37.7. The highest BCUT2D eigenvalue weighted by molar-refractivity contribution is 7.89. The van der Waals surface area contributed by atoms with Crippen molar-refractivity contribution in [3.05, 3.63) is 58.1 Å². The Bertz CT molecular complexity index is 1110. The maximum absolute atomic E-state index is 12.5. The number of methoxy groups -OCH3 is 1. The Balaban J connectivity index is 2.14. The van der Waals surface area contributed by atoms with Gasteiger partial charge in [-0.1, -0.05) is 0 Å². The summed E-state index contributed by atoms with van der Waals surface area (Å²) in [6, 6.07) is 8.47. The molecule has 2 aromatic rings. The molecule has 12 heteroatoms. The van der Waals surface area contributed by atoms with E-state index >= 15 is 0 Å². The Morgan fingerprint density at radius 2 is 1.69 bits per heavy atom. The zero-order valence-electron chi connectivity index (χ0n) is 17.8. The number of hydrogen-bond donors (Lipinski definition) is 2. The van der Waals surface area contributed by atoms with Crippen LogP contribution in [-0.2, 0) is 19.6 Å². The van der Waals surface area contributed by atoms with Crippen molar-refractivity contribution in [3.63, 3.8) is 0 Å². The number of nitrogens with zero attached hydrogens (tertiary/aromatic N) is 1. The molecule has 1 amide bonds. The van der Waals surface area contributed by atoms with E-state index in [4.69, 9.17) is 9.47 Å². The number of rotatable bonds is 9. The smallest absolute Gasteiger partial charge is 0.338 e. The highest BCUT2D eigenvalue weighted by Crippen LogP contribution is 2.26. The molecule has 0 bridgehead atoms. The number of ether oxygens (including phenoxy) is 2. The average molecular weight is 465 g/mol. The van der Waals surface area contributed by atoms with Gasteiger partial charge in [0, 0.05) is 23.9 Å². The molecule has 0 aromatic heterocycles. The monoisotopic (exact) mass is 465 g/mol. The van der Waals surface area contributed by atoms with Gasteiger partial charge < -0.3 is 14.8 Å². The van der Waals surface area contributed by atoms with Crippen LogP contribution in [-0.4, -0.2) is 44.5 Å². The van der Waals surface area contributed by atoms with E-state index in [-0.39, 0.29) is 33.6 Å². The number of sulfonamides is 1. The molecule has 1 unspecified atom stereocenters. The summed E-state index contributed by atoms with van der Waals surface area (Å²) in [4.78, 5) is 34.7. The number of hydrogen-bond acceptors (Lipinski definition) is 8. The summed E-state index contributed by atoms with van der Waals surface area (Å²) in [5.74, 6) is -1.55. The van der Waals surface area contributed by atoms with Gasteiger partial charge in [-0.05, 0) is 51.1 Å². The fraction of sp³-hybridized carbons (Fsp3) is 0.300. The van der Waals surface area contributed by atoms with Crippen LogP contribution >= 0.6 is 0 Å². The van der Waals surface area contributed by atoms with Crippen LogP contribution in [0.15, 0.2) is 47.4 Å². The van der Waals surface area contributed by atoms with Gasteiger partial charge in [0.2, 0.25) is 10.0 Å². The lowest BCUT2D eigenvalue weighted by Crippen LogP contribution is -2.31. The quantitative estimate of drug-likeness (QED) is 0.325. The van der Waals surface area contributed by atoms with Gasteiger partial charge >= 0.3 is 5.97 Å². The fourth-order valence-corrected chi connectivity index (χ4v) is 4.03. The van der Waals surface area contributed by atoms with Crippen LogP contribution in [0.3, 0.4) is 0 Å². The number of non-ortho nitro benzene ring substituents is 1. The lowest BCUT2D eigenvalue weighted by molar-refractivity contribution is -0.384. The summed E-state index contributed by atoms with van der Waals surface area (Å²) in [7, 11) is -2.67.